The quantitative estimate of drug-likeness (QED) is 0.929. The number of rotatable bonds is 3. The molecular weight excluding hydrogens is 292 g/mol. The van der Waals surface area contributed by atoms with Gasteiger partial charge in [-0.3, -0.25) is 9.59 Å². The molecule has 0 saturated carbocycles. The summed E-state index contributed by atoms with van der Waals surface area (Å²) < 4.78 is 1.87. The van der Waals surface area contributed by atoms with Crippen LogP contribution in [0.1, 0.15) is 24.0 Å². The molecule has 2 aromatic rings. The highest BCUT2D eigenvalue weighted by molar-refractivity contribution is 5.82. The van der Waals surface area contributed by atoms with Crippen LogP contribution >= 0.6 is 0 Å². The van der Waals surface area contributed by atoms with Gasteiger partial charge in [0.05, 0.1) is 23.3 Å². The average Bonchev–Trinajstić information content (AvgIpc) is 2.90. The van der Waals surface area contributed by atoms with Crippen molar-refractivity contribution in [1.29, 1.82) is 0 Å². The van der Waals surface area contributed by atoms with E-state index in [1.807, 2.05) is 10.6 Å². The third kappa shape index (κ3) is 3.06. The number of hydrogen-bond donors (Lipinski definition) is 1. The third-order valence-corrected chi connectivity index (χ3v) is 4.72. The Kier molecular flexibility index (Phi) is 4.07. The molecule has 1 aliphatic heterocycles. The van der Waals surface area contributed by atoms with Crippen molar-refractivity contribution in [2.24, 2.45) is 11.7 Å². The highest BCUT2D eigenvalue weighted by Crippen LogP contribution is 2.20. The zero-order valence-corrected chi connectivity index (χ0v) is 13.6. The Balaban J connectivity index is 1.78. The summed E-state index contributed by atoms with van der Waals surface area (Å²) in [5.41, 5.74) is 9.61. The van der Waals surface area contributed by atoms with E-state index in [-0.39, 0.29) is 24.3 Å². The number of nitrogens with two attached hydrogens (primary N) is 1. The van der Waals surface area contributed by atoms with Crippen molar-refractivity contribution < 1.29 is 9.59 Å². The molecule has 1 aliphatic rings. The van der Waals surface area contributed by atoms with Crippen LogP contribution in [0.3, 0.4) is 0 Å². The summed E-state index contributed by atoms with van der Waals surface area (Å²) >= 11 is 0. The van der Waals surface area contributed by atoms with Crippen molar-refractivity contribution in [2.45, 2.75) is 33.2 Å². The number of benzene rings is 1. The zero-order valence-electron chi connectivity index (χ0n) is 13.6. The second-order valence-corrected chi connectivity index (χ2v) is 6.38. The molecule has 6 heteroatoms. The standard InChI is InChI=1S/C17H22N4O2/c1-11-6-14-15(7-12(11)2)21(10-19-14)9-16(22)20-5-3-4-13(8-20)17(18)23/h6-7,10,13H,3-5,8-9H2,1-2H3,(H2,18,23). The summed E-state index contributed by atoms with van der Waals surface area (Å²) in [6.45, 7) is 5.46. The number of piperidine rings is 1. The fraction of sp³-hybridized carbons (Fsp3) is 0.471. The maximum Gasteiger partial charge on any atom is 0.242 e. The molecule has 2 amide bonds. The zero-order chi connectivity index (χ0) is 16.6. The van der Waals surface area contributed by atoms with Gasteiger partial charge < -0.3 is 15.2 Å². The first-order valence-corrected chi connectivity index (χ1v) is 7.95. The van der Waals surface area contributed by atoms with E-state index in [1.165, 1.54) is 11.1 Å². The largest absolute Gasteiger partial charge is 0.369 e. The SMILES string of the molecule is Cc1cc2ncn(CC(=O)N3CCCC(C(N)=O)C3)c2cc1C. The molecule has 122 valence electrons. The van der Waals surface area contributed by atoms with Gasteiger partial charge in [0.1, 0.15) is 6.54 Å². The average molecular weight is 314 g/mol. The highest BCUT2D eigenvalue weighted by Gasteiger charge is 2.27. The smallest absolute Gasteiger partial charge is 0.242 e. The van der Waals surface area contributed by atoms with Gasteiger partial charge in [-0.25, -0.2) is 4.98 Å². The third-order valence-electron chi connectivity index (χ3n) is 4.72. The monoisotopic (exact) mass is 314 g/mol. The predicted molar refractivity (Wildman–Crippen MR) is 87.7 cm³/mol. The molecule has 1 unspecified atom stereocenters. The Morgan fingerprint density at radius 1 is 1.30 bits per heavy atom. The van der Waals surface area contributed by atoms with Crippen molar-refractivity contribution in [3.05, 3.63) is 29.6 Å². The minimum atomic E-state index is -0.318. The molecule has 3 rings (SSSR count). The topological polar surface area (TPSA) is 81.2 Å². The summed E-state index contributed by atoms with van der Waals surface area (Å²) in [6, 6.07) is 4.10. The minimum Gasteiger partial charge on any atom is -0.369 e. The molecule has 23 heavy (non-hydrogen) atoms. The lowest BCUT2D eigenvalue weighted by Gasteiger charge is -2.31. The number of fused-ring (bicyclic) bond motifs is 1. The van der Waals surface area contributed by atoms with Gasteiger partial charge in [0, 0.05) is 13.1 Å². The summed E-state index contributed by atoms with van der Waals surface area (Å²) in [5, 5.41) is 0. The Hall–Kier alpha value is -2.37. The van der Waals surface area contributed by atoms with Gasteiger partial charge in [-0.2, -0.15) is 0 Å². The van der Waals surface area contributed by atoms with Crippen molar-refractivity contribution in [2.75, 3.05) is 13.1 Å². The van der Waals surface area contributed by atoms with Crippen molar-refractivity contribution in [3.8, 4) is 0 Å². The maximum atomic E-state index is 12.6. The normalized spacial score (nSPS) is 18.3. The van der Waals surface area contributed by atoms with Crippen LogP contribution in [0.4, 0.5) is 0 Å². The molecule has 2 N–H and O–H groups in total. The number of likely N-dealkylation sites (tertiary alicyclic amines) is 1. The van der Waals surface area contributed by atoms with Gasteiger partial charge in [0.25, 0.3) is 0 Å². The lowest BCUT2D eigenvalue weighted by molar-refractivity contribution is -0.135. The number of aromatic nitrogens is 2. The van der Waals surface area contributed by atoms with Crippen LogP contribution in [0.25, 0.3) is 11.0 Å². The van der Waals surface area contributed by atoms with Crippen LogP contribution in [0.5, 0.6) is 0 Å². The minimum absolute atomic E-state index is 0.00785. The second kappa shape index (κ2) is 6.02. The van der Waals surface area contributed by atoms with Crippen LogP contribution in [0.2, 0.25) is 0 Å². The molecule has 6 nitrogen and oxygen atoms in total. The Morgan fingerprint density at radius 3 is 2.78 bits per heavy atom. The van der Waals surface area contributed by atoms with E-state index in [2.05, 4.69) is 24.9 Å². The van der Waals surface area contributed by atoms with E-state index in [1.54, 1.807) is 11.2 Å². The molecule has 2 heterocycles. The number of carbonyl (C=O) groups is 2. The molecule has 0 bridgehead atoms. The van der Waals surface area contributed by atoms with Crippen LogP contribution in [-0.2, 0) is 16.1 Å². The second-order valence-electron chi connectivity index (χ2n) is 6.38. The molecule has 1 fully saturated rings. The van der Waals surface area contributed by atoms with Crippen LogP contribution in [0.15, 0.2) is 18.5 Å². The highest BCUT2D eigenvalue weighted by atomic mass is 16.2. The van der Waals surface area contributed by atoms with Gasteiger partial charge in [0.2, 0.25) is 11.8 Å². The fourth-order valence-corrected chi connectivity index (χ4v) is 3.12. The molecule has 1 aromatic carbocycles. The first-order chi connectivity index (χ1) is 11.0. The summed E-state index contributed by atoms with van der Waals surface area (Å²) in [4.78, 5) is 30.0. The lowest BCUT2D eigenvalue weighted by Crippen LogP contribution is -2.45. The van der Waals surface area contributed by atoms with E-state index < -0.39 is 0 Å². The molecule has 0 aliphatic carbocycles. The Labute approximate surface area is 135 Å². The predicted octanol–water partition coefficient (Wildman–Crippen LogP) is 1.38. The van der Waals surface area contributed by atoms with Crippen LogP contribution < -0.4 is 5.73 Å². The van der Waals surface area contributed by atoms with E-state index in [4.69, 9.17) is 5.73 Å². The number of imidazole rings is 1. The van der Waals surface area contributed by atoms with Gasteiger partial charge in [-0.1, -0.05) is 0 Å². The number of carbonyl (C=O) groups excluding carboxylic acids is 2. The van der Waals surface area contributed by atoms with Crippen molar-refractivity contribution >= 4 is 22.8 Å². The van der Waals surface area contributed by atoms with E-state index in [0.29, 0.717) is 13.1 Å². The number of primary amides is 1. The number of aryl methyl sites for hydroxylation is 2. The number of hydrogen-bond acceptors (Lipinski definition) is 3. The number of amides is 2. The lowest BCUT2D eigenvalue weighted by atomic mass is 9.97. The summed E-state index contributed by atoms with van der Waals surface area (Å²) in [7, 11) is 0. The summed E-state index contributed by atoms with van der Waals surface area (Å²) in [5.74, 6) is -0.535. The fourth-order valence-electron chi connectivity index (χ4n) is 3.12. The van der Waals surface area contributed by atoms with Crippen LogP contribution in [0, 0.1) is 19.8 Å². The molecule has 0 spiro atoms. The van der Waals surface area contributed by atoms with E-state index >= 15 is 0 Å². The molecule has 0 radical (unpaired) electrons. The first kappa shape index (κ1) is 15.5. The molecular formula is C17H22N4O2. The maximum absolute atomic E-state index is 12.6. The Bertz CT molecular complexity index is 765. The summed E-state index contributed by atoms with van der Waals surface area (Å²) in [6.07, 6.45) is 3.30. The van der Waals surface area contributed by atoms with Gasteiger partial charge in [-0.05, 0) is 49.9 Å². The number of nitrogens with zero attached hydrogens (tertiary/aromatic N) is 3. The van der Waals surface area contributed by atoms with E-state index in [0.717, 1.165) is 23.9 Å². The van der Waals surface area contributed by atoms with Gasteiger partial charge in [-0.15, -0.1) is 0 Å². The first-order valence-electron chi connectivity index (χ1n) is 7.95. The molecule has 1 saturated heterocycles. The van der Waals surface area contributed by atoms with Gasteiger partial charge >= 0.3 is 0 Å². The van der Waals surface area contributed by atoms with Crippen molar-refractivity contribution in [3.63, 3.8) is 0 Å². The van der Waals surface area contributed by atoms with Crippen LogP contribution in [-0.4, -0.2) is 39.4 Å². The molecule has 1 aromatic heterocycles. The Morgan fingerprint density at radius 2 is 2.04 bits per heavy atom. The molecule has 1 atom stereocenters. The van der Waals surface area contributed by atoms with Gasteiger partial charge in [0.15, 0.2) is 0 Å². The van der Waals surface area contributed by atoms with Crippen molar-refractivity contribution in [1.82, 2.24) is 14.5 Å². The van der Waals surface area contributed by atoms with E-state index in [9.17, 15) is 9.59 Å².